The molecular weight excluding hydrogens is 212 g/mol. The largest absolute Gasteiger partial charge is 0.396 e. The fourth-order valence-electron chi connectivity index (χ4n) is 1.83. The Kier molecular flexibility index (Phi) is 6.67. The molecule has 0 aliphatic heterocycles. The van der Waals surface area contributed by atoms with Crippen molar-refractivity contribution < 1.29 is 5.11 Å². The van der Waals surface area contributed by atoms with E-state index in [0.29, 0.717) is 13.2 Å². The molecule has 0 heterocycles. The van der Waals surface area contributed by atoms with Crippen molar-refractivity contribution in [2.75, 3.05) is 25.1 Å². The number of unbranched alkanes of at least 4 members (excludes halogenated alkanes) is 3. The van der Waals surface area contributed by atoms with Gasteiger partial charge >= 0.3 is 0 Å². The van der Waals surface area contributed by atoms with Gasteiger partial charge in [0.15, 0.2) is 0 Å². The van der Waals surface area contributed by atoms with Crippen molar-refractivity contribution >= 4 is 5.69 Å². The number of aliphatic hydroxyl groups excluding tert-OH is 1. The van der Waals surface area contributed by atoms with Crippen LogP contribution in [0.4, 0.5) is 5.69 Å². The zero-order valence-electron chi connectivity index (χ0n) is 10.7. The number of nitrogens with zero attached hydrogens (tertiary/aromatic N) is 1. The first-order chi connectivity index (χ1) is 8.27. The quantitative estimate of drug-likeness (QED) is 0.680. The highest BCUT2D eigenvalue weighted by Crippen LogP contribution is 2.14. The maximum Gasteiger partial charge on any atom is 0.0431 e. The van der Waals surface area contributed by atoms with Crippen molar-refractivity contribution in [1.82, 2.24) is 0 Å². The van der Waals surface area contributed by atoms with Crippen molar-refractivity contribution in [1.29, 1.82) is 0 Å². The van der Waals surface area contributed by atoms with Gasteiger partial charge in [0, 0.05) is 32.4 Å². The number of anilines is 1. The summed E-state index contributed by atoms with van der Waals surface area (Å²) in [6.07, 6.45) is 4.41. The van der Waals surface area contributed by atoms with Gasteiger partial charge in [-0.1, -0.05) is 25.0 Å². The van der Waals surface area contributed by atoms with Crippen LogP contribution in [-0.2, 0) is 6.54 Å². The summed E-state index contributed by atoms with van der Waals surface area (Å²) in [6, 6.07) is 8.40. The maximum atomic E-state index is 8.68. The van der Waals surface area contributed by atoms with Gasteiger partial charge in [0.2, 0.25) is 0 Å². The molecule has 0 unspecified atom stereocenters. The second kappa shape index (κ2) is 8.09. The van der Waals surface area contributed by atoms with E-state index in [-0.39, 0.29) is 0 Å². The summed E-state index contributed by atoms with van der Waals surface area (Å²) >= 11 is 0. The Bertz CT molecular complexity index is 298. The number of hydrogen-bond acceptors (Lipinski definition) is 3. The summed E-state index contributed by atoms with van der Waals surface area (Å²) in [7, 11) is 2.11. The second-order valence-electron chi connectivity index (χ2n) is 4.43. The third-order valence-electron chi connectivity index (χ3n) is 3.01. The molecule has 96 valence electrons. The van der Waals surface area contributed by atoms with E-state index in [1.165, 1.54) is 24.1 Å². The van der Waals surface area contributed by atoms with E-state index in [2.05, 4.69) is 36.2 Å². The summed E-state index contributed by atoms with van der Waals surface area (Å²) in [5.41, 5.74) is 7.98. The van der Waals surface area contributed by atoms with Gasteiger partial charge in [-0.25, -0.2) is 0 Å². The molecule has 0 spiro atoms. The number of nitrogens with two attached hydrogens (primary N) is 1. The highest BCUT2D eigenvalue weighted by molar-refractivity contribution is 5.46. The lowest BCUT2D eigenvalue weighted by molar-refractivity contribution is 0.282. The lowest BCUT2D eigenvalue weighted by Crippen LogP contribution is -2.18. The zero-order valence-corrected chi connectivity index (χ0v) is 10.7. The van der Waals surface area contributed by atoms with Crippen LogP contribution >= 0.6 is 0 Å². The van der Waals surface area contributed by atoms with Crippen molar-refractivity contribution in [3.05, 3.63) is 29.8 Å². The molecule has 1 aromatic carbocycles. The molecule has 3 nitrogen and oxygen atoms in total. The highest BCUT2D eigenvalue weighted by Gasteiger charge is 2.00. The van der Waals surface area contributed by atoms with Crippen molar-refractivity contribution in [2.24, 2.45) is 5.73 Å². The van der Waals surface area contributed by atoms with Crippen LogP contribution in [0.1, 0.15) is 31.2 Å². The fourth-order valence-corrected chi connectivity index (χ4v) is 1.83. The Morgan fingerprint density at radius 3 is 2.29 bits per heavy atom. The summed E-state index contributed by atoms with van der Waals surface area (Å²) in [4.78, 5) is 2.26. The molecule has 0 aromatic heterocycles. The van der Waals surface area contributed by atoms with Crippen LogP contribution in [0.2, 0.25) is 0 Å². The zero-order chi connectivity index (χ0) is 12.5. The Labute approximate surface area is 104 Å². The minimum absolute atomic E-state index is 0.316. The van der Waals surface area contributed by atoms with E-state index in [1.54, 1.807) is 0 Å². The van der Waals surface area contributed by atoms with E-state index in [1.807, 2.05) is 0 Å². The molecule has 17 heavy (non-hydrogen) atoms. The standard InChI is InChI=1S/C14H24N2O/c1-16(10-4-2-3-5-11-17)14-8-6-13(12-15)7-9-14/h6-9,17H,2-5,10-12,15H2,1H3. The van der Waals surface area contributed by atoms with E-state index in [0.717, 1.165) is 19.4 Å². The van der Waals surface area contributed by atoms with Gasteiger partial charge in [0.1, 0.15) is 0 Å². The average molecular weight is 236 g/mol. The molecule has 0 aliphatic rings. The molecule has 0 saturated heterocycles. The molecule has 0 aliphatic carbocycles. The molecule has 1 aromatic rings. The van der Waals surface area contributed by atoms with Gasteiger partial charge in [-0.2, -0.15) is 0 Å². The molecule has 0 amide bonds. The molecule has 1 rings (SSSR count). The Balaban J connectivity index is 2.28. The Morgan fingerprint density at radius 1 is 1.06 bits per heavy atom. The first kappa shape index (κ1) is 14.0. The summed E-state index contributed by atoms with van der Waals surface area (Å²) in [5, 5.41) is 8.68. The van der Waals surface area contributed by atoms with Crippen molar-refractivity contribution in [3.63, 3.8) is 0 Å². The monoisotopic (exact) mass is 236 g/mol. The van der Waals surface area contributed by atoms with Gasteiger partial charge in [0.05, 0.1) is 0 Å². The average Bonchev–Trinajstić information content (AvgIpc) is 2.38. The van der Waals surface area contributed by atoms with Crippen LogP contribution in [0, 0.1) is 0 Å². The van der Waals surface area contributed by atoms with Crippen LogP contribution < -0.4 is 10.6 Å². The van der Waals surface area contributed by atoms with Gasteiger partial charge in [-0.15, -0.1) is 0 Å². The third kappa shape index (κ3) is 5.20. The van der Waals surface area contributed by atoms with Crippen LogP contribution in [0.3, 0.4) is 0 Å². The van der Waals surface area contributed by atoms with Gasteiger partial charge in [-0.3, -0.25) is 0 Å². The lowest BCUT2D eigenvalue weighted by Gasteiger charge is -2.19. The normalized spacial score (nSPS) is 10.5. The minimum Gasteiger partial charge on any atom is -0.396 e. The molecule has 0 bridgehead atoms. The van der Waals surface area contributed by atoms with Crippen LogP contribution in [-0.4, -0.2) is 25.3 Å². The number of aliphatic hydroxyl groups is 1. The predicted molar refractivity (Wildman–Crippen MR) is 73.2 cm³/mol. The van der Waals surface area contributed by atoms with Gasteiger partial charge in [0.25, 0.3) is 0 Å². The van der Waals surface area contributed by atoms with Crippen LogP contribution in [0.5, 0.6) is 0 Å². The van der Waals surface area contributed by atoms with Gasteiger partial charge in [-0.05, 0) is 30.5 Å². The van der Waals surface area contributed by atoms with E-state index >= 15 is 0 Å². The lowest BCUT2D eigenvalue weighted by atomic mass is 10.1. The molecule has 0 atom stereocenters. The molecule has 0 saturated carbocycles. The van der Waals surface area contributed by atoms with E-state index in [4.69, 9.17) is 10.8 Å². The van der Waals surface area contributed by atoms with E-state index in [9.17, 15) is 0 Å². The molecule has 0 radical (unpaired) electrons. The fraction of sp³-hybridized carbons (Fsp3) is 0.571. The number of rotatable bonds is 8. The molecular formula is C14H24N2O. The smallest absolute Gasteiger partial charge is 0.0431 e. The third-order valence-corrected chi connectivity index (χ3v) is 3.01. The second-order valence-corrected chi connectivity index (χ2v) is 4.43. The first-order valence-corrected chi connectivity index (χ1v) is 6.39. The topological polar surface area (TPSA) is 49.5 Å². The summed E-state index contributed by atoms with van der Waals surface area (Å²) in [6.45, 7) is 1.98. The molecule has 0 fully saturated rings. The minimum atomic E-state index is 0.316. The highest BCUT2D eigenvalue weighted by atomic mass is 16.2. The first-order valence-electron chi connectivity index (χ1n) is 6.39. The van der Waals surface area contributed by atoms with Crippen LogP contribution in [0.25, 0.3) is 0 Å². The summed E-state index contributed by atoms with van der Waals surface area (Å²) < 4.78 is 0. The van der Waals surface area contributed by atoms with E-state index < -0.39 is 0 Å². The van der Waals surface area contributed by atoms with Crippen LogP contribution in [0.15, 0.2) is 24.3 Å². The molecule has 3 N–H and O–H groups in total. The summed E-state index contributed by atoms with van der Waals surface area (Å²) in [5.74, 6) is 0. The number of benzene rings is 1. The van der Waals surface area contributed by atoms with Crippen molar-refractivity contribution in [3.8, 4) is 0 Å². The SMILES string of the molecule is CN(CCCCCCO)c1ccc(CN)cc1. The Hall–Kier alpha value is -1.06. The Morgan fingerprint density at radius 2 is 1.71 bits per heavy atom. The van der Waals surface area contributed by atoms with Crippen molar-refractivity contribution in [2.45, 2.75) is 32.2 Å². The number of hydrogen-bond donors (Lipinski definition) is 2. The van der Waals surface area contributed by atoms with Gasteiger partial charge < -0.3 is 15.7 Å². The molecule has 3 heteroatoms. The maximum absolute atomic E-state index is 8.68. The predicted octanol–water partition coefficient (Wildman–Crippen LogP) is 2.13.